The van der Waals surface area contributed by atoms with Crippen molar-refractivity contribution >= 4 is 33.4 Å². The molecule has 3 heterocycles. The Morgan fingerprint density at radius 1 is 1.25 bits per heavy atom. The number of aromatic nitrogens is 3. The van der Waals surface area contributed by atoms with Crippen LogP contribution in [0, 0.1) is 6.92 Å². The summed E-state index contributed by atoms with van der Waals surface area (Å²) in [4.78, 5) is 29.1. The van der Waals surface area contributed by atoms with Gasteiger partial charge in [0.2, 0.25) is 0 Å². The van der Waals surface area contributed by atoms with E-state index in [1.54, 1.807) is 28.4 Å². The summed E-state index contributed by atoms with van der Waals surface area (Å²) in [5.41, 5.74) is 1.80. The highest BCUT2D eigenvalue weighted by molar-refractivity contribution is 7.16. The van der Waals surface area contributed by atoms with Crippen LogP contribution in [0.2, 0.25) is 0 Å². The van der Waals surface area contributed by atoms with Gasteiger partial charge >= 0.3 is 5.97 Å². The SMILES string of the molecule is COC(=O)Cn1c(=NC(=O)c2cc(C)n(C)n2)sc2cc3c(cc21)OCCO3. The number of rotatable bonds is 3. The number of hydrogen-bond donors (Lipinski definition) is 0. The summed E-state index contributed by atoms with van der Waals surface area (Å²) in [7, 11) is 3.07. The number of carbonyl (C=O) groups excluding carboxylic acids is 2. The monoisotopic (exact) mass is 402 g/mol. The highest BCUT2D eigenvalue weighted by Crippen LogP contribution is 2.35. The lowest BCUT2D eigenvalue weighted by Gasteiger charge is -2.18. The molecule has 0 N–H and O–H groups in total. The van der Waals surface area contributed by atoms with Gasteiger partial charge in [0.25, 0.3) is 5.91 Å². The minimum absolute atomic E-state index is 0.0799. The molecule has 0 fully saturated rings. The molecule has 0 bridgehead atoms. The zero-order valence-electron chi connectivity index (χ0n) is 15.6. The zero-order valence-corrected chi connectivity index (χ0v) is 16.4. The summed E-state index contributed by atoms with van der Waals surface area (Å²) in [6.07, 6.45) is 0. The van der Waals surface area contributed by atoms with E-state index in [9.17, 15) is 9.59 Å². The molecule has 0 saturated heterocycles. The molecule has 2 aromatic heterocycles. The van der Waals surface area contributed by atoms with Crippen molar-refractivity contribution in [2.45, 2.75) is 13.5 Å². The van der Waals surface area contributed by atoms with Crippen molar-refractivity contribution < 1.29 is 23.8 Å². The Labute approximate surface area is 163 Å². The molecule has 1 amide bonds. The number of fused-ring (bicyclic) bond motifs is 2. The quantitative estimate of drug-likeness (QED) is 0.615. The van der Waals surface area contributed by atoms with Crippen molar-refractivity contribution in [3.8, 4) is 11.5 Å². The largest absolute Gasteiger partial charge is 0.486 e. The minimum Gasteiger partial charge on any atom is -0.486 e. The van der Waals surface area contributed by atoms with Crippen molar-refractivity contribution in [1.29, 1.82) is 0 Å². The Balaban J connectivity index is 1.86. The van der Waals surface area contributed by atoms with Crippen LogP contribution in [0.1, 0.15) is 16.2 Å². The van der Waals surface area contributed by atoms with E-state index in [0.717, 1.165) is 10.4 Å². The Kier molecular flexibility index (Phi) is 4.63. The van der Waals surface area contributed by atoms with E-state index in [2.05, 4.69) is 10.1 Å². The number of methoxy groups -OCH3 is 1. The fourth-order valence-corrected chi connectivity index (χ4v) is 3.89. The molecule has 0 saturated carbocycles. The van der Waals surface area contributed by atoms with Gasteiger partial charge in [-0.1, -0.05) is 11.3 Å². The molecular weight excluding hydrogens is 384 g/mol. The second-order valence-electron chi connectivity index (χ2n) is 6.22. The van der Waals surface area contributed by atoms with Crippen LogP contribution >= 0.6 is 11.3 Å². The number of carbonyl (C=O) groups is 2. The first-order chi connectivity index (χ1) is 13.5. The van der Waals surface area contributed by atoms with Crippen LogP contribution < -0.4 is 14.3 Å². The predicted octanol–water partition coefficient (Wildman–Crippen LogP) is 1.43. The molecule has 146 valence electrons. The van der Waals surface area contributed by atoms with E-state index in [1.165, 1.54) is 18.4 Å². The van der Waals surface area contributed by atoms with E-state index in [0.29, 0.717) is 35.0 Å². The van der Waals surface area contributed by atoms with Crippen LogP contribution in [-0.2, 0) is 23.1 Å². The van der Waals surface area contributed by atoms with Gasteiger partial charge in [0.1, 0.15) is 19.8 Å². The third kappa shape index (κ3) is 3.26. The molecule has 0 aliphatic carbocycles. The third-order valence-electron chi connectivity index (χ3n) is 4.39. The zero-order chi connectivity index (χ0) is 19.8. The lowest BCUT2D eigenvalue weighted by atomic mass is 10.2. The molecule has 28 heavy (non-hydrogen) atoms. The van der Waals surface area contributed by atoms with Crippen LogP contribution in [0.15, 0.2) is 23.2 Å². The van der Waals surface area contributed by atoms with E-state index >= 15 is 0 Å². The van der Waals surface area contributed by atoms with E-state index in [1.807, 2.05) is 13.0 Å². The van der Waals surface area contributed by atoms with Crippen molar-refractivity contribution in [3.63, 3.8) is 0 Å². The molecule has 4 rings (SSSR count). The number of esters is 1. The molecule has 1 aromatic carbocycles. The molecule has 0 unspecified atom stereocenters. The summed E-state index contributed by atoms with van der Waals surface area (Å²) in [6, 6.07) is 5.29. The maximum absolute atomic E-state index is 12.6. The van der Waals surface area contributed by atoms with Gasteiger partial charge in [0.15, 0.2) is 22.0 Å². The molecule has 1 aliphatic rings. The summed E-state index contributed by atoms with van der Waals surface area (Å²) in [5, 5.41) is 4.17. The fraction of sp³-hybridized carbons (Fsp3) is 0.333. The second kappa shape index (κ2) is 7.12. The molecule has 0 radical (unpaired) electrons. The molecule has 1 aliphatic heterocycles. The van der Waals surface area contributed by atoms with Crippen LogP contribution in [0.4, 0.5) is 0 Å². The average molecular weight is 402 g/mol. The first-order valence-electron chi connectivity index (χ1n) is 8.56. The smallest absolute Gasteiger partial charge is 0.325 e. The van der Waals surface area contributed by atoms with Gasteiger partial charge in [0, 0.05) is 24.9 Å². The first-order valence-corrected chi connectivity index (χ1v) is 9.37. The van der Waals surface area contributed by atoms with Crippen LogP contribution in [0.5, 0.6) is 11.5 Å². The Hall–Kier alpha value is -3.14. The minimum atomic E-state index is -0.480. The maximum Gasteiger partial charge on any atom is 0.325 e. The normalized spacial score (nSPS) is 13.8. The second-order valence-corrected chi connectivity index (χ2v) is 7.23. The highest BCUT2D eigenvalue weighted by Gasteiger charge is 2.19. The number of thiazole rings is 1. The van der Waals surface area contributed by atoms with Gasteiger partial charge in [-0.25, -0.2) is 0 Å². The van der Waals surface area contributed by atoms with E-state index in [-0.39, 0.29) is 12.2 Å². The van der Waals surface area contributed by atoms with Gasteiger partial charge in [-0.05, 0) is 13.0 Å². The third-order valence-corrected chi connectivity index (χ3v) is 5.43. The standard InChI is InChI=1S/C18H18N4O5S/c1-10-6-11(20-21(10)2)17(24)19-18-22(9-16(23)25-3)12-7-13-14(8-15(12)28-18)27-5-4-26-13/h6-8H,4-5,9H2,1-3H3. The molecular formula is C18H18N4O5S. The molecule has 3 aromatic rings. The molecule has 0 spiro atoms. The van der Waals surface area contributed by atoms with Gasteiger partial charge in [-0.2, -0.15) is 10.1 Å². The number of amides is 1. The van der Waals surface area contributed by atoms with Gasteiger partial charge in [-0.15, -0.1) is 0 Å². The van der Waals surface area contributed by atoms with Crippen molar-refractivity contribution in [3.05, 3.63) is 34.4 Å². The summed E-state index contributed by atoms with van der Waals surface area (Å²) in [5.74, 6) is 0.292. The number of nitrogens with zero attached hydrogens (tertiary/aromatic N) is 4. The van der Waals surface area contributed by atoms with Gasteiger partial charge in [-0.3, -0.25) is 14.3 Å². The summed E-state index contributed by atoms with van der Waals surface area (Å²) < 4.78 is 20.1. The highest BCUT2D eigenvalue weighted by atomic mass is 32.1. The Bertz CT molecular complexity index is 1140. The topological polar surface area (TPSA) is 96.9 Å². The average Bonchev–Trinajstić information content (AvgIpc) is 3.19. The number of ether oxygens (including phenoxy) is 3. The van der Waals surface area contributed by atoms with Gasteiger partial charge < -0.3 is 18.8 Å². The van der Waals surface area contributed by atoms with Crippen molar-refractivity contribution in [2.24, 2.45) is 12.0 Å². The molecule has 0 atom stereocenters. The Morgan fingerprint density at radius 2 is 1.96 bits per heavy atom. The van der Waals surface area contributed by atoms with Crippen LogP contribution in [-0.4, -0.2) is 46.5 Å². The number of benzene rings is 1. The summed E-state index contributed by atoms with van der Waals surface area (Å²) in [6.45, 7) is 2.70. The first kappa shape index (κ1) is 18.2. The molecule has 10 heteroatoms. The molecule has 9 nitrogen and oxygen atoms in total. The van der Waals surface area contributed by atoms with Crippen LogP contribution in [0.25, 0.3) is 10.2 Å². The van der Waals surface area contributed by atoms with E-state index < -0.39 is 11.9 Å². The summed E-state index contributed by atoms with van der Waals surface area (Å²) >= 11 is 1.28. The van der Waals surface area contributed by atoms with Crippen molar-refractivity contribution in [1.82, 2.24) is 14.3 Å². The Morgan fingerprint density at radius 3 is 2.61 bits per heavy atom. The fourth-order valence-electron chi connectivity index (χ4n) is 2.85. The maximum atomic E-state index is 12.6. The predicted molar refractivity (Wildman–Crippen MR) is 101 cm³/mol. The van der Waals surface area contributed by atoms with E-state index in [4.69, 9.17) is 14.2 Å². The van der Waals surface area contributed by atoms with Gasteiger partial charge in [0.05, 0.1) is 17.3 Å². The lowest BCUT2D eigenvalue weighted by Crippen LogP contribution is -2.22. The van der Waals surface area contributed by atoms with Crippen molar-refractivity contribution in [2.75, 3.05) is 20.3 Å². The van der Waals surface area contributed by atoms with Crippen LogP contribution in [0.3, 0.4) is 0 Å². The number of aryl methyl sites for hydroxylation is 2. The number of hydrogen-bond acceptors (Lipinski definition) is 7. The lowest BCUT2D eigenvalue weighted by molar-refractivity contribution is -0.141.